The van der Waals surface area contributed by atoms with Gasteiger partial charge in [-0.1, -0.05) is 30.3 Å². The first-order valence-corrected chi connectivity index (χ1v) is 13.0. The van der Waals surface area contributed by atoms with Gasteiger partial charge in [0.2, 0.25) is 21.8 Å². The lowest BCUT2D eigenvalue weighted by Crippen LogP contribution is -2.55. The minimum absolute atomic E-state index is 0.0860. The van der Waals surface area contributed by atoms with E-state index in [-0.39, 0.29) is 31.9 Å². The summed E-state index contributed by atoms with van der Waals surface area (Å²) in [5, 5.41) is 11.9. The minimum atomic E-state index is -4.07. The van der Waals surface area contributed by atoms with Crippen LogP contribution in [0, 0.1) is 0 Å². The Hall–Kier alpha value is -3.52. The summed E-state index contributed by atoms with van der Waals surface area (Å²) in [5.41, 5.74) is 11.0. The Labute approximate surface area is 209 Å². The van der Waals surface area contributed by atoms with E-state index < -0.39 is 58.1 Å². The third kappa shape index (κ3) is 9.26. The van der Waals surface area contributed by atoms with E-state index in [1.165, 1.54) is 0 Å². The van der Waals surface area contributed by atoms with Gasteiger partial charge in [-0.3, -0.25) is 19.4 Å². The van der Waals surface area contributed by atoms with E-state index in [1.54, 1.807) is 30.3 Å². The van der Waals surface area contributed by atoms with Crippen LogP contribution in [0.4, 0.5) is 0 Å². The first kappa shape index (κ1) is 28.7. The highest BCUT2D eigenvalue weighted by molar-refractivity contribution is 7.88. The molecule has 1 heterocycles. The van der Waals surface area contributed by atoms with Crippen LogP contribution in [0.25, 0.3) is 0 Å². The predicted octanol–water partition coefficient (Wildman–Crippen LogP) is -1.32. The van der Waals surface area contributed by atoms with Gasteiger partial charge < -0.3 is 31.6 Å². The molecule has 198 valence electrons. The van der Waals surface area contributed by atoms with E-state index >= 15 is 0 Å². The average molecular weight is 525 g/mol. The number of nitrogens with two attached hydrogens (primary N) is 2. The van der Waals surface area contributed by atoms with Gasteiger partial charge in [-0.15, -0.1) is 0 Å². The number of amides is 2. The molecule has 0 radical (unpaired) electrons. The number of aldehydes is 1. The maximum atomic E-state index is 13.2. The fraction of sp³-hybridized carbons (Fsp3) is 0.500. The molecule has 7 N–H and O–H groups in total. The van der Waals surface area contributed by atoms with E-state index in [9.17, 15) is 32.7 Å². The number of hydrogen-bond donors (Lipinski definition) is 5. The lowest BCUT2D eigenvalue weighted by molar-refractivity contribution is -0.144. The number of nitrogens with zero attached hydrogens (tertiary/aromatic N) is 2. The van der Waals surface area contributed by atoms with Gasteiger partial charge in [0.25, 0.3) is 0 Å². The first-order chi connectivity index (χ1) is 17.0. The number of guanidine groups is 1. The van der Waals surface area contributed by atoms with Crippen LogP contribution in [0.1, 0.15) is 37.7 Å². The smallest absolute Gasteiger partial charge is 0.305 e. The number of carbonyl (C=O) groups excluding carboxylic acids is 3. The van der Waals surface area contributed by atoms with Gasteiger partial charge in [0.05, 0.1) is 18.2 Å². The molecule has 2 amide bonds. The topological polar surface area (TPSA) is 214 Å². The van der Waals surface area contributed by atoms with E-state index in [0.29, 0.717) is 24.7 Å². The van der Waals surface area contributed by atoms with Crippen molar-refractivity contribution in [2.45, 2.75) is 56.0 Å². The van der Waals surface area contributed by atoms with Gasteiger partial charge in [0.1, 0.15) is 18.4 Å². The van der Waals surface area contributed by atoms with Gasteiger partial charge in [0, 0.05) is 13.1 Å². The Morgan fingerprint density at radius 1 is 1.22 bits per heavy atom. The van der Waals surface area contributed by atoms with E-state index in [4.69, 9.17) is 11.5 Å². The van der Waals surface area contributed by atoms with Crippen LogP contribution >= 0.6 is 0 Å². The van der Waals surface area contributed by atoms with Gasteiger partial charge in [-0.2, -0.15) is 0 Å². The number of carboxylic acid groups (broad SMARTS) is 1. The maximum absolute atomic E-state index is 13.2. The molecule has 14 heteroatoms. The van der Waals surface area contributed by atoms with Crippen molar-refractivity contribution < 1.29 is 32.7 Å². The first-order valence-electron chi connectivity index (χ1n) is 11.4. The largest absolute Gasteiger partial charge is 0.481 e. The minimum Gasteiger partial charge on any atom is -0.481 e. The normalized spacial score (nSPS) is 17.1. The van der Waals surface area contributed by atoms with Gasteiger partial charge in [0.15, 0.2) is 5.96 Å². The zero-order chi connectivity index (χ0) is 26.7. The molecule has 2 rings (SSSR count). The zero-order valence-corrected chi connectivity index (χ0v) is 20.5. The molecular formula is C22H32N6O7S. The number of aliphatic carboxylic acids is 1. The number of hydrogen-bond acceptors (Lipinski definition) is 7. The van der Waals surface area contributed by atoms with Crippen molar-refractivity contribution in [1.82, 2.24) is 14.9 Å². The molecule has 1 saturated heterocycles. The fourth-order valence-corrected chi connectivity index (χ4v) is 5.21. The Balaban J connectivity index is 2.08. The molecular weight excluding hydrogens is 492 g/mol. The van der Waals surface area contributed by atoms with E-state index in [0.717, 1.165) is 4.90 Å². The standard InChI is InChI=1S/C22H32N6O7S/c23-22(24)25-10-4-8-16(13-29)26-20(32)18-9-5-11-28(18)21(33)17(12-19(30)31)27-36(34,35)14-15-6-2-1-3-7-15/h1-3,6-7,13,16-18,27H,4-5,8-12,14H2,(H,26,32)(H,30,31)(H4,23,24,25)/t16-,17-,18+/m1/s1. The summed E-state index contributed by atoms with van der Waals surface area (Å²) in [5.74, 6) is -3.31. The number of rotatable bonds is 14. The van der Waals surface area contributed by atoms with Crippen molar-refractivity contribution in [3.05, 3.63) is 35.9 Å². The molecule has 0 aromatic heterocycles. The number of benzene rings is 1. The number of carbonyl (C=O) groups is 4. The van der Waals surface area contributed by atoms with Crippen molar-refractivity contribution in [2.24, 2.45) is 16.5 Å². The summed E-state index contributed by atoms with van der Waals surface area (Å²) in [6.45, 7) is 0.417. The van der Waals surface area contributed by atoms with Gasteiger partial charge in [-0.25, -0.2) is 13.1 Å². The third-order valence-electron chi connectivity index (χ3n) is 5.50. The highest BCUT2D eigenvalue weighted by Crippen LogP contribution is 2.20. The average Bonchev–Trinajstić information content (AvgIpc) is 3.30. The number of nitrogens with one attached hydrogen (secondary N) is 2. The monoisotopic (exact) mass is 524 g/mol. The Morgan fingerprint density at radius 2 is 1.92 bits per heavy atom. The summed E-state index contributed by atoms with van der Waals surface area (Å²) < 4.78 is 27.5. The van der Waals surface area contributed by atoms with Crippen LogP contribution in [-0.2, 0) is 35.0 Å². The van der Waals surface area contributed by atoms with Gasteiger partial charge in [-0.05, 0) is 31.2 Å². The molecule has 0 bridgehead atoms. The quantitative estimate of drug-likeness (QED) is 0.0843. The van der Waals surface area contributed by atoms with Crippen LogP contribution in [0.3, 0.4) is 0 Å². The second-order valence-corrected chi connectivity index (χ2v) is 10.2. The molecule has 0 unspecified atom stereocenters. The SMILES string of the molecule is NC(N)=NCCC[C@H](C=O)NC(=O)[C@@H]1CCCN1C(=O)[C@@H](CC(=O)O)NS(=O)(=O)Cc1ccccc1. The Bertz CT molecular complexity index is 1060. The van der Waals surface area contributed by atoms with E-state index in [1.807, 2.05) is 0 Å². The highest BCUT2D eigenvalue weighted by Gasteiger charge is 2.39. The zero-order valence-electron chi connectivity index (χ0n) is 19.7. The molecule has 1 aromatic carbocycles. The number of sulfonamides is 1. The van der Waals surface area contributed by atoms with Crippen molar-refractivity contribution in [3.63, 3.8) is 0 Å². The second kappa shape index (κ2) is 13.5. The summed E-state index contributed by atoms with van der Waals surface area (Å²) in [6, 6.07) is 4.83. The molecule has 1 aromatic rings. The summed E-state index contributed by atoms with van der Waals surface area (Å²) in [4.78, 5) is 53.8. The van der Waals surface area contributed by atoms with Crippen LogP contribution in [0.5, 0.6) is 0 Å². The van der Waals surface area contributed by atoms with Crippen molar-refractivity contribution in [3.8, 4) is 0 Å². The maximum Gasteiger partial charge on any atom is 0.305 e. The van der Waals surface area contributed by atoms with Crippen molar-refractivity contribution in [2.75, 3.05) is 13.1 Å². The number of aliphatic imine (C=N–C) groups is 1. The number of carboxylic acids is 1. The number of likely N-dealkylation sites (tertiary alicyclic amines) is 1. The Kier molecular flexibility index (Phi) is 10.8. The molecule has 1 fully saturated rings. The highest BCUT2D eigenvalue weighted by atomic mass is 32.2. The molecule has 3 atom stereocenters. The van der Waals surface area contributed by atoms with Crippen molar-refractivity contribution in [1.29, 1.82) is 0 Å². The van der Waals surface area contributed by atoms with Gasteiger partial charge >= 0.3 is 5.97 Å². The molecule has 13 nitrogen and oxygen atoms in total. The molecule has 1 aliphatic heterocycles. The molecule has 1 aliphatic rings. The van der Waals surface area contributed by atoms with Crippen molar-refractivity contribution >= 4 is 40.1 Å². The molecule has 0 aliphatic carbocycles. The third-order valence-corrected chi connectivity index (χ3v) is 6.85. The second-order valence-electron chi connectivity index (χ2n) is 8.40. The Morgan fingerprint density at radius 3 is 2.53 bits per heavy atom. The van der Waals surface area contributed by atoms with Crippen LogP contribution in [0.2, 0.25) is 0 Å². The molecule has 0 saturated carbocycles. The fourth-order valence-electron chi connectivity index (χ4n) is 3.88. The van der Waals surface area contributed by atoms with E-state index in [2.05, 4.69) is 15.0 Å². The summed E-state index contributed by atoms with van der Waals surface area (Å²) in [7, 11) is -4.07. The van der Waals surface area contributed by atoms with Crippen LogP contribution < -0.4 is 21.5 Å². The summed E-state index contributed by atoms with van der Waals surface area (Å²) >= 11 is 0. The van der Waals surface area contributed by atoms with Crippen LogP contribution in [-0.4, -0.2) is 79.7 Å². The molecule has 36 heavy (non-hydrogen) atoms. The predicted molar refractivity (Wildman–Crippen MR) is 131 cm³/mol. The lowest BCUT2D eigenvalue weighted by Gasteiger charge is -2.28. The van der Waals surface area contributed by atoms with Crippen LogP contribution in [0.15, 0.2) is 35.3 Å². The summed E-state index contributed by atoms with van der Waals surface area (Å²) in [6.07, 6.45) is 1.22. The lowest BCUT2D eigenvalue weighted by atomic mass is 10.1. The molecule has 0 spiro atoms.